The molecular formula is C30H36BrF3N2O5. The summed E-state index contributed by atoms with van der Waals surface area (Å²) in [4.78, 5) is 28.5. The number of carboxylic acids is 1. The van der Waals surface area contributed by atoms with Crippen LogP contribution < -0.4 is 10.1 Å². The zero-order valence-electron chi connectivity index (χ0n) is 23.5. The lowest BCUT2D eigenvalue weighted by Crippen LogP contribution is -2.51. The first-order valence-corrected chi connectivity index (χ1v) is 14.4. The van der Waals surface area contributed by atoms with E-state index >= 15 is 0 Å². The van der Waals surface area contributed by atoms with Crippen LogP contribution in [0.25, 0.3) is 0 Å². The molecule has 0 bridgehead atoms. The van der Waals surface area contributed by atoms with Crippen LogP contribution in [0, 0.1) is 11.3 Å². The second-order valence-electron chi connectivity index (χ2n) is 11.7. The van der Waals surface area contributed by atoms with Crippen LogP contribution in [0.3, 0.4) is 0 Å². The number of nitrogens with one attached hydrogen (secondary N) is 1. The minimum Gasteiger partial charge on any atom is -0.496 e. The number of ether oxygens (including phenoxy) is 2. The van der Waals surface area contributed by atoms with E-state index in [1.807, 2.05) is 45.0 Å². The maximum atomic E-state index is 14.1. The van der Waals surface area contributed by atoms with Crippen molar-refractivity contribution in [3.05, 3.63) is 63.6 Å². The second kappa shape index (κ2) is 12.3. The molecule has 2 saturated heterocycles. The molecule has 0 aliphatic carbocycles. The molecule has 2 aromatic carbocycles. The lowest BCUT2D eigenvalue weighted by Gasteiger charge is -2.36. The number of benzene rings is 2. The predicted molar refractivity (Wildman–Crippen MR) is 150 cm³/mol. The van der Waals surface area contributed by atoms with Crippen molar-refractivity contribution in [2.45, 2.75) is 77.0 Å². The van der Waals surface area contributed by atoms with Gasteiger partial charge in [0, 0.05) is 35.1 Å². The molecule has 2 aliphatic heterocycles. The Balaban J connectivity index is 1.81. The molecule has 0 saturated carbocycles. The highest BCUT2D eigenvalue weighted by Crippen LogP contribution is 2.50. The number of rotatable bonds is 7. The number of amides is 1. The van der Waals surface area contributed by atoms with Crippen LogP contribution in [0.15, 0.2) is 46.9 Å². The van der Waals surface area contributed by atoms with Gasteiger partial charge in [0.15, 0.2) is 0 Å². The van der Waals surface area contributed by atoms with Crippen LogP contribution in [0.2, 0.25) is 0 Å². The fourth-order valence-electron chi connectivity index (χ4n) is 6.16. The minimum absolute atomic E-state index is 0.0633. The number of alkyl halides is 3. The van der Waals surface area contributed by atoms with Crippen LogP contribution in [-0.4, -0.2) is 53.8 Å². The van der Waals surface area contributed by atoms with Gasteiger partial charge in [-0.2, -0.15) is 13.2 Å². The van der Waals surface area contributed by atoms with Crippen LogP contribution in [0.5, 0.6) is 5.75 Å². The van der Waals surface area contributed by atoms with Crippen LogP contribution in [-0.2, 0) is 27.0 Å². The third-order valence-corrected chi connectivity index (χ3v) is 8.72. The third-order valence-electron chi connectivity index (χ3n) is 8.00. The number of nitrogens with zero attached hydrogens (tertiary/aromatic N) is 1. The molecule has 0 spiro atoms. The Morgan fingerprint density at radius 3 is 2.41 bits per heavy atom. The average molecular weight is 642 g/mol. The number of carbonyl (C=O) groups is 2. The van der Waals surface area contributed by atoms with Crippen LogP contribution in [0.1, 0.15) is 62.8 Å². The van der Waals surface area contributed by atoms with E-state index in [4.69, 9.17) is 9.47 Å². The molecule has 0 radical (unpaired) electrons. The van der Waals surface area contributed by atoms with Gasteiger partial charge in [-0.15, -0.1) is 0 Å². The summed E-state index contributed by atoms with van der Waals surface area (Å²) in [6, 6.07) is 8.22. The predicted octanol–water partition coefficient (Wildman–Crippen LogP) is 6.20. The molecule has 1 amide bonds. The normalized spacial score (nSPS) is 25.3. The molecular weight excluding hydrogens is 605 g/mol. The van der Waals surface area contributed by atoms with E-state index in [0.717, 1.165) is 30.5 Å². The molecule has 2 aromatic rings. The number of likely N-dealkylation sites (tertiary alicyclic amines) is 1. The summed E-state index contributed by atoms with van der Waals surface area (Å²) >= 11 is 3.61. The van der Waals surface area contributed by atoms with Gasteiger partial charge in [0.05, 0.1) is 18.7 Å². The summed E-state index contributed by atoms with van der Waals surface area (Å²) in [6.07, 6.45) is -3.12. The molecule has 11 heteroatoms. The van der Waals surface area contributed by atoms with Gasteiger partial charge >= 0.3 is 12.1 Å². The van der Waals surface area contributed by atoms with Crippen molar-refractivity contribution < 1.29 is 37.3 Å². The molecule has 224 valence electrons. The van der Waals surface area contributed by atoms with Crippen molar-refractivity contribution in [3.63, 3.8) is 0 Å². The van der Waals surface area contributed by atoms with Crippen LogP contribution >= 0.6 is 15.9 Å². The van der Waals surface area contributed by atoms with Gasteiger partial charge in [0.1, 0.15) is 17.9 Å². The molecule has 41 heavy (non-hydrogen) atoms. The number of carbonyl (C=O) groups excluding carboxylic acids is 1. The van der Waals surface area contributed by atoms with Crippen molar-refractivity contribution in [2.75, 3.05) is 13.7 Å². The maximum absolute atomic E-state index is 14.1. The van der Waals surface area contributed by atoms with E-state index in [0.29, 0.717) is 23.1 Å². The van der Waals surface area contributed by atoms with Crippen LogP contribution in [0.4, 0.5) is 13.2 Å². The summed E-state index contributed by atoms with van der Waals surface area (Å²) in [6.45, 7) is 6.32. The summed E-state index contributed by atoms with van der Waals surface area (Å²) < 4.78 is 51.8. The Hall–Kier alpha value is -2.63. The summed E-state index contributed by atoms with van der Waals surface area (Å²) in [7, 11) is 1.31. The van der Waals surface area contributed by atoms with Gasteiger partial charge in [0.2, 0.25) is 0 Å². The second-order valence-corrected chi connectivity index (χ2v) is 12.5. The summed E-state index contributed by atoms with van der Waals surface area (Å²) in [5.74, 6) is -2.00. The molecule has 2 aliphatic rings. The van der Waals surface area contributed by atoms with Gasteiger partial charge in [-0.3, -0.25) is 4.79 Å². The van der Waals surface area contributed by atoms with Gasteiger partial charge in [-0.1, -0.05) is 61.0 Å². The quantitative estimate of drug-likeness (QED) is 0.375. The molecule has 7 nitrogen and oxygen atoms in total. The third kappa shape index (κ3) is 6.57. The summed E-state index contributed by atoms with van der Waals surface area (Å²) in [5, 5.41) is 14.0. The fraction of sp³-hybridized carbons (Fsp3) is 0.533. The fourth-order valence-corrected chi connectivity index (χ4v) is 6.68. The van der Waals surface area contributed by atoms with E-state index < -0.39 is 53.3 Å². The van der Waals surface area contributed by atoms with Crippen molar-refractivity contribution in [1.29, 1.82) is 0 Å². The molecule has 4 rings (SSSR count). The molecule has 2 heterocycles. The minimum atomic E-state index is -4.52. The zero-order chi connectivity index (χ0) is 30.1. The molecule has 0 aromatic heterocycles. The number of halogens is 4. The van der Waals surface area contributed by atoms with Crippen molar-refractivity contribution in [1.82, 2.24) is 10.2 Å². The highest BCUT2D eigenvalue weighted by molar-refractivity contribution is 9.10. The molecule has 0 unspecified atom stereocenters. The van der Waals surface area contributed by atoms with Gasteiger partial charge in [-0.25, -0.2) is 4.79 Å². The highest BCUT2D eigenvalue weighted by atomic mass is 79.9. The van der Waals surface area contributed by atoms with E-state index in [2.05, 4.69) is 21.2 Å². The van der Waals surface area contributed by atoms with E-state index in [9.17, 15) is 27.9 Å². The maximum Gasteiger partial charge on any atom is 0.416 e. The number of carboxylic acid groups (broad SMARTS) is 1. The topological polar surface area (TPSA) is 88.1 Å². The van der Waals surface area contributed by atoms with Crippen molar-refractivity contribution >= 4 is 27.8 Å². The summed E-state index contributed by atoms with van der Waals surface area (Å²) in [5.41, 5.74) is -0.196. The first-order valence-electron chi connectivity index (χ1n) is 13.6. The Morgan fingerprint density at radius 2 is 1.85 bits per heavy atom. The number of methoxy groups -OCH3 is 1. The van der Waals surface area contributed by atoms with E-state index in [-0.39, 0.29) is 18.2 Å². The molecule has 2 fully saturated rings. The Morgan fingerprint density at radius 1 is 1.15 bits per heavy atom. The SMILES string of the molecule is COc1cc(C(F)(F)F)ccc1CN[C@H]1[C@H](C(C)(C)C)[C@@H](C(=O)O)N(C(=O)[C@@H]2CCCCO2)[C@H]1c1ccccc1Br. The first kappa shape index (κ1) is 31.3. The standard InChI is InChI=1S/C30H36BrF3N2O5/c1-29(2,3)23-24(35-16-17-12-13-18(30(32,33)34)15-22(17)40-4)25(19-9-5-6-10-20(19)31)36(26(23)28(38)39)27(37)21-11-7-8-14-41-21/h5-6,9-10,12-13,15,21,23-26,35H,7-8,11,14,16H2,1-4H3,(H,38,39)/t21-,23-,24-,25-,26-/m0/s1. The van der Waals surface area contributed by atoms with Crippen molar-refractivity contribution in [3.8, 4) is 5.75 Å². The lowest BCUT2D eigenvalue weighted by atomic mass is 9.72. The van der Waals surface area contributed by atoms with Gasteiger partial charge in [0.25, 0.3) is 5.91 Å². The Kier molecular flexibility index (Phi) is 9.40. The Labute approximate surface area is 246 Å². The zero-order valence-corrected chi connectivity index (χ0v) is 25.1. The van der Waals surface area contributed by atoms with E-state index in [1.54, 1.807) is 0 Å². The average Bonchev–Trinajstić information content (AvgIpc) is 3.27. The van der Waals surface area contributed by atoms with Crippen molar-refractivity contribution in [2.24, 2.45) is 11.3 Å². The van der Waals surface area contributed by atoms with Gasteiger partial charge in [-0.05, 0) is 48.4 Å². The first-order chi connectivity index (χ1) is 19.3. The smallest absolute Gasteiger partial charge is 0.416 e. The van der Waals surface area contributed by atoms with E-state index in [1.165, 1.54) is 18.1 Å². The number of aliphatic carboxylic acids is 1. The molecule has 5 atom stereocenters. The van der Waals surface area contributed by atoms with Gasteiger partial charge < -0.3 is 24.8 Å². The lowest BCUT2D eigenvalue weighted by molar-refractivity contribution is -0.159. The Bertz CT molecular complexity index is 1260. The highest BCUT2D eigenvalue weighted by Gasteiger charge is 2.59. The number of hydrogen-bond donors (Lipinski definition) is 2. The molecule has 2 N–H and O–H groups in total. The number of hydrogen-bond acceptors (Lipinski definition) is 5. The monoisotopic (exact) mass is 640 g/mol. The largest absolute Gasteiger partial charge is 0.496 e.